The van der Waals surface area contributed by atoms with Crippen molar-refractivity contribution in [1.29, 1.82) is 0 Å². The molecule has 2 N–H and O–H groups in total. The maximum absolute atomic E-state index is 11.1. The Balaban J connectivity index is 2.18. The van der Waals surface area contributed by atoms with Gasteiger partial charge in [0.1, 0.15) is 9.84 Å². The molecule has 124 valence electrons. The van der Waals surface area contributed by atoms with Gasteiger partial charge in [-0.2, -0.15) is 0 Å². The molecule has 5 nitrogen and oxygen atoms in total. The number of rotatable bonds is 9. The van der Waals surface area contributed by atoms with Gasteiger partial charge in [-0.05, 0) is 32.1 Å². The van der Waals surface area contributed by atoms with Gasteiger partial charge in [0.2, 0.25) is 0 Å². The van der Waals surface area contributed by atoms with Gasteiger partial charge in [-0.3, -0.25) is 4.99 Å². The van der Waals surface area contributed by atoms with Crippen molar-refractivity contribution in [2.45, 2.75) is 51.9 Å². The van der Waals surface area contributed by atoms with Gasteiger partial charge in [-0.15, -0.1) is 0 Å². The van der Waals surface area contributed by atoms with Crippen molar-refractivity contribution in [3.63, 3.8) is 0 Å². The molecule has 1 saturated carbocycles. The van der Waals surface area contributed by atoms with Gasteiger partial charge in [0.05, 0.1) is 5.75 Å². The minimum atomic E-state index is -2.87. The van der Waals surface area contributed by atoms with Gasteiger partial charge >= 0.3 is 0 Å². The average molecular weight is 317 g/mol. The van der Waals surface area contributed by atoms with Crippen molar-refractivity contribution in [2.24, 2.45) is 10.9 Å². The zero-order valence-corrected chi connectivity index (χ0v) is 14.3. The van der Waals surface area contributed by atoms with Gasteiger partial charge in [0.15, 0.2) is 5.96 Å². The minimum Gasteiger partial charge on any atom is -0.357 e. The van der Waals surface area contributed by atoms with Crippen molar-refractivity contribution in [3.05, 3.63) is 0 Å². The quantitative estimate of drug-likeness (QED) is 0.387. The third-order valence-corrected chi connectivity index (χ3v) is 4.87. The highest BCUT2D eigenvalue weighted by atomic mass is 32.2. The Morgan fingerprint density at radius 1 is 1.19 bits per heavy atom. The summed E-state index contributed by atoms with van der Waals surface area (Å²) in [5.41, 5.74) is 0. The van der Waals surface area contributed by atoms with E-state index in [1.54, 1.807) is 0 Å². The summed E-state index contributed by atoms with van der Waals surface area (Å²) in [6, 6.07) is 0. The lowest BCUT2D eigenvalue weighted by atomic mass is 10.0. The summed E-state index contributed by atoms with van der Waals surface area (Å²) in [4.78, 5) is 4.42. The molecule has 0 bridgehead atoms. The predicted molar refractivity (Wildman–Crippen MR) is 89.5 cm³/mol. The molecule has 21 heavy (non-hydrogen) atoms. The molecule has 0 saturated heterocycles. The Hall–Kier alpha value is -0.780. The standard InChI is InChI=1S/C15H31N3O2S/c1-3-16-15(18-12-7-13-21(2,19)20)17-11-6-10-14-8-4-5-9-14/h14H,3-13H2,1-2H3,(H2,16,17,18). The molecule has 1 aliphatic rings. The zero-order valence-electron chi connectivity index (χ0n) is 13.5. The van der Waals surface area contributed by atoms with Crippen LogP contribution in [0.4, 0.5) is 0 Å². The second-order valence-corrected chi connectivity index (χ2v) is 8.22. The van der Waals surface area contributed by atoms with E-state index in [1.165, 1.54) is 44.8 Å². The van der Waals surface area contributed by atoms with Crippen molar-refractivity contribution in [2.75, 3.05) is 31.6 Å². The highest BCUT2D eigenvalue weighted by Crippen LogP contribution is 2.28. The number of guanidine groups is 1. The number of nitrogens with zero attached hydrogens (tertiary/aromatic N) is 1. The SMILES string of the molecule is CCNC(=NCCCS(C)(=O)=O)NCCCC1CCCC1. The topological polar surface area (TPSA) is 70.6 Å². The smallest absolute Gasteiger partial charge is 0.191 e. The van der Waals surface area contributed by atoms with Crippen LogP contribution >= 0.6 is 0 Å². The van der Waals surface area contributed by atoms with Gasteiger partial charge in [-0.1, -0.05) is 25.7 Å². The summed E-state index contributed by atoms with van der Waals surface area (Å²) in [6.07, 6.45) is 9.95. The molecule has 0 radical (unpaired) electrons. The lowest BCUT2D eigenvalue weighted by Crippen LogP contribution is -2.38. The lowest BCUT2D eigenvalue weighted by Gasteiger charge is -2.13. The van der Waals surface area contributed by atoms with E-state index in [0.717, 1.165) is 25.0 Å². The number of nitrogens with one attached hydrogen (secondary N) is 2. The minimum absolute atomic E-state index is 0.206. The van der Waals surface area contributed by atoms with E-state index in [0.29, 0.717) is 13.0 Å². The number of aliphatic imine (C=N–C) groups is 1. The van der Waals surface area contributed by atoms with Crippen LogP contribution in [0.25, 0.3) is 0 Å². The van der Waals surface area contributed by atoms with Crippen LogP contribution in [-0.4, -0.2) is 46.0 Å². The Morgan fingerprint density at radius 2 is 1.90 bits per heavy atom. The molecule has 0 aliphatic heterocycles. The molecular weight excluding hydrogens is 286 g/mol. The highest BCUT2D eigenvalue weighted by Gasteiger charge is 2.13. The maximum Gasteiger partial charge on any atom is 0.191 e. The van der Waals surface area contributed by atoms with Crippen molar-refractivity contribution >= 4 is 15.8 Å². The van der Waals surface area contributed by atoms with E-state index in [9.17, 15) is 8.42 Å². The molecule has 0 aromatic heterocycles. The predicted octanol–water partition coefficient (Wildman–Crippen LogP) is 1.95. The van der Waals surface area contributed by atoms with E-state index in [4.69, 9.17) is 0 Å². The average Bonchev–Trinajstić information content (AvgIpc) is 2.91. The summed E-state index contributed by atoms with van der Waals surface area (Å²) >= 11 is 0. The Kier molecular flexibility index (Phi) is 8.73. The fraction of sp³-hybridized carbons (Fsp3) is 0.933. The molecule has 6 heteroatoms. The Morgan fingerprint density at radius 3 is 2.52 bits per heavy atom. The van der Waals surface area contributed by atoms with Crippen LogP contribution in [-0.2, 0) is 9.84 Å². The van der Waals surface area contributed by atoms with Crippen LogP contribution < -0.4 is 10.6 Å². The lowest BCUT2D eigenvalue weighted by molar-refractivity contribution is 0.481. The van der Waals surface area contributed by atoms with Gasteiger partial charge in [0.25, 0.3) is 0 Å². The second kappa shape index (κ2) is 10.0. The fourth-order valence-corrected chi connectivity index (χ4v) is 3.41. The van der Waals surface area contributed by atoms with Gasteiger partial charge < -0.3 is 10.6 Å². The van der Waals surface area contributed by atoms with Crippen LogP contribution in [0.5, 0.6) is 0 Å². The number of hydrogen-bond donors (Lipinski definition) is 2. The van der Waals surface area contributed by atoms with Gasteiger partial charge in [0, 0.05) is 25.9 Å². The van der Waals surface area contributed by atoms with E-state index in [1.807, 2.05) is 6.92 Å². The molecule has 0 amide bonds. The zero-order chi connectivity index (χ0) is 15.6. The van der Waals surface area contributed by atoms with E-state index in [-0.39, 0.29) is 5.75 Å². The largest absolute Gasteiger partial charge is 0.357 e. The first-order chi connectivity index (χ1) is 10.0. The molecule has 1 rings (SSSR count). The van der Waals surface area contributed by atoms with Crippen molar-refractivity contribution in [3.8, 4) is 0 Å². The van der Waals surface area contributed by atoms with Crippen LogP contribution in [0.3, 0.4) is 0 Å². The van der Waals surface area contributed by atoms with Crippen LogP contribution in [0.2, 0.25) is 0 Å². The molecule has 1 fully saturated rings. The summed E-state index contributed by atoms with van der Waals surface area (Å²) in [5, 5.41) is 6.53. The first-order valence-electron chi connectivity index (χ1n) is 8.21. The third kappa shape index (κ3) is 9.72. The molecule has 0 unspecified atom stereocenters. The summed E-state index contributed by atoms with van der Waals surface area (Å²) in [5.74, 6) is 1.94. The van der Waals surface area contributed by atoms with Crippen molar-refractivity contribution in [1.82, 2.24) is 10.6 Å². The third-order valence-electron chi connectivity index (χ3n) is 3.84. The fourth-order valence-electron chi connectivity index (χ4n) is 2.76. The summed E-state index contributed by atoms with van der Waals surface area (Å²) in [6.45, 7) is 4.34. The Labute approximate surface area is 129 Å². The number of hydrogen-bond acceptors (Lipinski definition) is 3. The second-order valence-electron chi connectivity index (χ2n) is 5.96. The molecular formula is C15H31N3O2S. The van der Waals surface area contributed by atoms with Crippen LogP contribution in [0.1, 0.15) is 51.9 Å². The van der Waals surface area contributed by atoms with E-state index in [2.05, 4.69) is 15.6 Å². The molecule has 0 aromatic rings. The van der Waals surface area contributed by atoms with Crippen molar-refractivity contribution < 1.29 is 8.42 Å². The van der Waals surface area contributed by atoms with Gasteiger partial charge in [-0.25, -0.2) is 8.42 Å². The monoisotopic (exact) mass is 317 g/mol. The number of sulfone groups is 1. The van der Waals surface area contributed by atoms with Crippen LogP contribution in [0, 0.1) is 5.92 Å². The molecule has 0 heterocycles. The molecule has 0 aromatic carbocycles. The maximum atomic E-state index is 11.1. The van der Waals surface area contributed by atoms with E-state index >= 15 is 0 Å². The van der Waals surface area contributed by atoms with Crippen LogP contribution in [0.15, 0.2) is 4.99 Å². The summed E-state index contributed by atoms with van der Waals surface area (Å²) < 4.78 is 22.1. The molecule has 0 spiro atoms. The normalized spacial score (nSPS) is 17.1. The van der Waals surface area contributed by atoms with E-state index < -0.39 is 9.84 Å². The summed E-state index contributed by atoms with van der Waals surface area (Å²) in [7, 11) is -2.87. The first kappa shape index (κ1) is 18.3. The Bertz CT molecular complexity index is 401. The molecule has 0 atom stereocenters. The first-order valence-corrected chi connectivity index (χ1v) is 10.3. The molecule has 1 aliphatic carbocycles. The highest BCUT2D eigenvalue weighted by molar-refractivity contribution is 7.90.